The monoisotopic (exact) mass is 256 g/mol. The Balaban J connectivity index is 3.20. The lowest BCUT2D eigenvalue weighted by Gasteiger charge is -2.11. The number of esters is 1. The Hall–Kier alpha value is -0.830. The van der Waals surface area contributed by atoms with E-state index in [9.17, 15) is 4.79 Å². The maximum atomic E-state index is 11.4. The van der Waals surface area contributed by atoms with E-state index in [1.54, 1.807) is 6.07 Å². The topological polar surface area (TPSA) is 26.3 Å². The minimum absolute atomic E-state index is 0.243. The van der Waals surface area contributed by atoms with Crippen molar-refractivity contribution in [2.24, 2.45) is 0 Å². The van der Waals surface area contributed by atoms with Gasteiger partial charge in [-0.05, 0) is 31.0 Å². The Labute approximate surface area is 92.4 Å². The molecule has 1 atom stereocenters. The van der Waals surface area contributed by atoms with Gasteiger partial charge in [-0.25, -0.2) is 4.79 Å². The van der Waals surface area contributed by atoms with E-state index in [1.807, 2.05) is 26.0 Å². The predicted molar refractivity (Wildman–Crippen MR) is 59.9 cm³/mol. The highest BCUT2D eigenvalue weighted by atomic mass is 79.9. The number of carbonyl (C=O) groups excluding carboxylic acids is 1. The SMILES string of the molecule is COC(=O)c1cccc(C(C)Br)c1C. The van der Waals surface area contributed by atoms with E-state index in [0.29, 0.717) is 5.56 Å². The summed E-state index contributed by atoms with van der Waals surface area (Å²) in [5.74, 6) is -0.280. The van der Waals surface area contributed by atoms with Gasteiger partial charge >= 0.3 is 5.97 Å². The van der Waals surface area contributed by atoms with Crippen molar-refractivity contribution in [2.45, 2.75) is 18.7 Å². The third-order valence-electron chi connectivity index (χ3n) is 2.21. The molecule has 0 fully saturated rings. The summed E-state index contributed by atoms with van der Waals surface area (Å²) < 4.78 is 4.70. The van der Waals surface area contributed by atoms with Crippen molar-refractivity contribution in [2.75, 3.05) is 7.11 Å². The normalized spacial score (nSPS) is 12.3. The van der Waals surface area contributed by atoms with Crippen LogP contribution in [0.2, 0.25) is 0 Å². The van der Waals surface area contributed by atoms with Gasteiger partial charge in [-0.2, -0.15) is 0 Å². The van der Waals surface area contributed by atoms with E-state index in [2.05, 4.69) is 15.9 Å². The lowest BCUT2D eigenvalue weighted by atomic mass is 10.0. The zero-order valence-electron chi connectivity index (χ0n) is 8.50. The number of alkyl halides is 1. The van der Waals surface area contributed by atoms with Crippen LogP contribution < -0.4 is 0 Å². The van der Waals surface area contributed by atoms with Crippen LogP contribution in [0.15, 0.2) is 18.2 Å². The van der Waals surface area contributed by atoms with E-state index >= 15 is 0 Å². The van der Waals surface area contributed by atoms with Crippen molar-refractivity contribution in [3.63, 3.8) is 0 Å². The van der Waals surface area contributed by atoms with Crippen molar-refractivity contribution in [1.82, 2.24) is 0 Å². The van der Waals surface area contributed by atoms with Gasteiger partial charge < -0.3 is 4.74 Å². The first-order valence-corrected chi connectivity index (χ1v) is 5.31. The molecule has 0 aliphatic carbocycles. The molecule has 0 saturated heterocycles. The van der Waals surface area contributed by atoms with Crippen LogP contribution in [0.5, 0.6) is 0 Å². The van der Waals surface area contributed by atoms with Crippen LogP contribution in [-0.2, 0) is 4.74 Å². The Bertz CT molecular complexity index is 345. The molecule has 0 N–H and O–H groups in total. The molecule has 0 aromatic heterocycles. The molecule has 76 valence electrons. The molecule has 0 amide bonds. The number of benzene rings is 1. The van der Waals surface area contributed by atoms with Crippen LogP contribution in [0.25, 0.3) is 0 Å². The minimum atomic E-state index is -0.280. The number of rotatable bonds is 2. The van der Waals surface area contributed by atoms with Crippen molar-refractivity contribution in [1.29, 1.82) is 0 Å². The molecule has 1 unspecified atom stereocenters. The number of hydrogen-bond acceptors (Lipinski definition) is 2. The van der Waals surface area contributed by atoms with E-state index in [4.69, 9.17) is 4.74 Å². The van der Waals surface area contributed by atoms with Gasteiger partial charge in [-0.1, -0.05) is 28.1 Å². The fourth-order valence-corrected chi connectivity index (χ4v) is 1.91. The highest BCUT2D eigenvalue weighted by molar-refractivity contribution is 9.09. The van der Waals surface area contributed by atoms with Crippen LogP contribution in [0, 0.1) is 6.92 Å². The molecule has 0 aliphatic heterocycles. The summed E-state index contributed by atoms with van der Waals surface area (Å²) in [6, 6.07) is 5.65. The summed E-state index contributed by atoms with van der Waals surface area (Å²) in [5.41, 5.74) is 2.73. The largest absolute Gasteiger partial charge is 0.465 e. The fourth-order valence-electron chi connectivity index (χ4n) is 1.42. The first-order chi connectivity index (χ1) is 6.57. The van der Waals surface area contributed by atoms with Crippen LogP contribution >= 0.6 is 15.9 Å². The fraction of sp³-hybridized carbons (Fsp3) is 0.364. The first-order valence-electron chi connectivity index (χ1n) is 4.39. The second kappa shape index (κ2) is 4.60. The Morgan fingerprint density at radius 2 is 2.14 bits per heavy atom. The lowest BCUT2D eigenvalue weighted by molar-refractivity contribution is 0.0600. The van der Waals surface area contributed by atoms with Gasteiger partial charge in [0.05, 0.1) is 12.7 Å². The van der Waals surface area contributed by atoms with Crippen molar-refractivity contribution in [3.05, 3.63) is 34.9 Å². The second-order valence-corrected chi connectivity index (χ2v) is 4.50. The molecule has 2 nitrogen and oxygen atoms in total. The molecule has 3 heteroatoms. The predicted octanol–water partition coefficient (Wildman–Crippen LogP) is 3.24. The number of hydrogen-bond donors (Lipinski definition) is 0. The molecule has 1 rings (SSSR count). The smallest absolute Gasteiger partial charge is 0.338 e. The molecule has 0 saturated carbocycles. The minimum Gasteiger partial charge on any atom is -0.465 e. The maximum absolute atomic E-state index is 11.4. The summed E-state index contributed by atoms with van der Waals surface area (Å²) in [4.78, 5) is 11.6. The molecule has 1 aromatic carbocycles. The first kappa shape index (κ1) is 11.2. The van der Waals surface area contributed by atoms with E-state index in [-0.39, 0.29) is 10.8 Å². The highest BCUT2D eigenvalue weighted by Gasteiger charge is 2.13. The quantitative estimate of drug-likeness (QED) is 0.600. The zero-order valence-corrected chi connectivity index (χ0v) is 10.1. The van der Waals surface area contributed by atoms with Crippen molar-refractivity contribution >= 4 is 21.9 Å². The third-order valence-corrected chi connectivity index (χ3v) is 2.70. The Morgan fingerprint density at radius 1 is 1.50 bits per heavy atom. The van der Waals surface area contributed by atoms with Gasteiger partial charge in [0.15, 0.2) is 0 Å². The average Bonchev–Trinajstić information content (AvgIpc) is 2.16. The van der Waals surface area contributed by atoms with E-state index in [1.165, 1.54) is 7.11 Å². The van der Waals surface area contributed by atoms with Gasteiger partial charge in [0.1, 0.15) is 0 Å². The molecule has 0 heterocycles. The summed E-state index contributed by atoms with van der Waals surface area (Å²) in [6.45, 7) is 3.96. The number of halogens is 1. The molecule has 14 heavy (non-hydrogen) atoms. The Kier molecular flexibility index (Phi) is 3.69. The summed E-state index contributed by atoms with van der Waals surface area (Å²) in [6.07, 6.45) is 0. The van der Waals surface area contributed by atoms with Gasteiger partial charge in [-0.3, -0.25) is 0 Å². The van der Waals surface area contributed by atoms with Gasteiger partial charge in [0.25, 0.3) is 0 Å². The molecule has 0 radical (unpaired) electrons. The molecule has 1 aromatic rings. The summed E-state index contributed by atoms with van der Waals surface area (Å²) >= 11 is 3.49. The standard InChI is InChI=1S/C11H13BrO2/c1-7-9(8(2)12)5-4-6-10(7)11(13)14-3/h4-6,8H,1-3H3. The molecule has 0 bridgehead atoms. The van der Waals surface area contributed by atoms with Crippen LogP contribution in [0.1, 0.15) is 33.2 Å². The highest BCUT2D eigenvalue weighted by Crippen LogP contribution is 2.26. The second-order valence-electron chi connectivity index (χ2n) is 3.13. The van der Waals surface area contributed by atoms with Crippen LogP contribution in [-0.4, -0.2) is 13.1 Å². The van der Waals surface area contributed by atoms with Gasteiger partial charge in [0.2, 0.25) is 0 Å². The van der Waals surface area contributed by atoms with Gasteiger partial charge in [-0.15, -0.1) is 0 Å². The van der Waals surface area contributed by atoms with Crippen molar-refractivity contribution < 1.29 is 9.53 Å². The molecule has 0 spiro atoms. The van der Waals surface area contributed by atoms with Crippen LogP contribution in [0.4, 0.5) is 0 Å². The lowest BCUT2D eigenvalue weighted by Crippen LogP contribution is -2.05. The maximum Gasteiger partial charge on any atom is 0.338 e. The van der Waals surface area contributed by atoms with E-state index < -0.39 is 0 Å². The molecule has 0 aliphatic rings. The van der Waals surface area contributed by atoms with Crippen LogP contribution in [0.3, 0.4) is 0 Å². The average molecular weight is 257 g/mol. The molecular formula is C11H13BrO2. The van der Waals surface area contributed by atoms with Gasteiger partial charge in [0, 0.05) is 4.83 Å². The zero-order chi connectivity index (χ0) is 10.7. The number of ether oxygens (including phenoxy) is 1. The number of methoxy groups -OCH3 is 1. The summed E-state index contributed by atoms with van der Waals surface area (Å²) in [5, 5.41) is 0. The molecular weight excluding hydrogens is 244 g/mol. The third kappa shape index (κ3) is 2.15. The number of carbonyl (C=O) groups is 1. The Morgan fingerprint density at radius 3 is 2.64 bits per heavy atom. The summed E-state index contributed by atoms with van der Waals surface area (Å²) in [7, 11) is 1.39. The van der Waals surface area contributed by atoms with Crippen molar-refractivity contribution in [3.8, 4) is 0 Å². The van der Waals surface area contributed by atoms with E-state index in [0.717, 1.165) is 11.1 Å².